The van der Waals surface area contributed by atoms with Crippen LogP contribution < -0.4 is 0 Å². The van der Waals surface area contributed by atoms with Gasteiger partial charge in [0.1, 0.15) is 41.9 Å². The van der Waals surface area contributed by atoms with Crippen LogP contribution in [0.2, 0.25) is 5.15 Å². The standard InChI is InChI=1S/C41H41ClN4O6/c1-41(47)37(51-25-32-20-12-5-13-21-32)36(50-24-31-18-10-4-11-19-31)35(49-23-30-16-8-3-9-17-30)33(26-48-22-29-14-6-2-7-15-29)52-40(41)46-28-45-34-38(42)43-27-44-39(34)46/h2-21,27-28,33,35-37,40,47H,22-26H2,1H3/t33-,35-,36+,37-,40-,41+/m1/s1. The molecule has 0 spiro atoms. The third-order valence-corrected chi connectivity index (χ3v) is 9.45. The van der Waals surface area contributed by atoms with Gasteiger partial charge in [-0.1, -0.05) is 133 Å². The summed E-state index contributed by atoms with van der Waals surface area (Å²) in [7, 11) is 0. The maximum Gasteiger partial charge on any atom is 0.168 e. The molecule has 0 bridgehead atoms. The smallest absolute Gasteiger partial charge is 0.168 e. The summed E-state index contributed by atoms with van der Waals surface area (Å²) in [5.74, 6) is 0. The van der Waals surface area contributed by atoms with Crippen molar-refractivity contribution >= 4 is 22.8 Å². The summed E-state index contributed by atoms with van der Waals surface area (Å²) in [4.78, 5) is 13.1. The zero-order valence-corrected chi connectivity index (χ0v) is 29.5. The topological polar surface area (TPSA) is 110 Å². The summed E-state index contributed by atoms with van der Waals surface area (Å²) in [6, 6.07) is 39.5. The lowest BCUT2D eigenvalue weighted by atomic mass is 9.89. The van der Waals surface area contributed by atoms with Crippen LogP contribution in [-0.4, -0.2) is 61.2 Å². The third-order valence-electron chi connectivity index (χ3n) is 9.17. The number of imidazole rings is 1. The molecule has 0 saturated carbocycles. The van der Waals surface area contributed by atoms with Crippen LogP contribution in [0.1, 0.15) is 35.4 Å². The van der Waals surface area contributed by atoms with Gasteiger partial charge < -0.3 is 28.8 Å². The second-order valence-corrected chi connectivity index (χ2v) is 13.3. The van der Waals surface area contributed by atoms with E-state index in [9.17, 15) is 5.11 Å². The number of aromatic nitrogens is 4. The molecule has 52 heavy (non-hydrogen) atoms. The van der Waals surface area contributed by atoms with Crippen molar-refractivity contribution in [1.82, 2.24) is 19.5 Å². The molecule has 268 valence electrons. The van der Waals surface area contributed by atoms with Crippen molar-refractivity contribution in [3.63, 3.8) is 0 Å². The van der Waals surface area contributed by atoms with Crippen molar-refractivity contribution in [3.05, 3.63) is 161 Å². The van der Waals surface area contributed by atoms with E-state index < -0.39 is 36.2 Å². The van der Waals surface area contributed by atoms with Crippen LogP contribution in [0.3, 0.4) is 0 Å². The average molecular weight is 721 g/mol. The highest BCUT2D eigenvalue weighted by Gasteiger charge is 2.56. The van der Waals surface area contributed by atoms with Gasteiger partial charge in [-0.3, -0.25) is 4.57 Å². The van der Waals surface area contributed by atoms with Gasteiger partial charge in [-0.15, -0.1) is 0 Å². The molecule has 6 atom stereocenters. The van der Waals surface area contributed by atoms with Crippen molar-refractivity contribution in [2.75, 3.05) is 6.61 Å². The number of rotatable bonds is 14. The maximum atomic E-state index is 12.9. The monoisotopic (exact) mass is 720 g/mol. The molecule has 1 aliphatic heterocycles. The summed E-state index contributed by atoms with van der Waals surface area (Å²) in [5, 5.41) is 13.1. The lowest BCUT2D eigenvalue weighted by molar-refractivity contribution is -0.219. The number of hydrogen-bond acceptors (Lipinski definition) is 9. The molecular formula is C41H41ClN4O6. The minimum Gasteiger partial charge on any atom is -0.383 e. The molecule has 4 aromatic carbocycles. The minimum absolute atomic E-state index is 0.111. The normalized spacial score (nSPS) is 23.4. The van der Waals surface area contributed by atoms with E-state index in [4.69, 9.17) is 35.3 Å². The fourth-order valence-electron chi connectivity index (χ4n) is 6.52. The van der Waals surface area contributed by atoms with Crippen LogP contribution in [0, 0.1) is 0 Å². The SMILES string of the molecule is C[C@]1(O)[C@H](OCc2ccccc2)[C@@H](OCc2ccccc2)[C@H](OCc2ccccc2)[C@@H](COCc2ccccc2)O[C@H]1n1cnc2c(Cl)ncnc21. The van der Waals surface area contributed by atoms with Gasteiger partial charge in [-0.2, -0.15) is 0 Å². The van der Waals surface area contributed by atoms with Gasteiger partial charge >= 0.3 is 0 Å². The van der Waals surface area contributed by atoms with E-state index in [1.165, 1.54) is 6.33 Å². The van der Waals surface area contributed by atoms with E-state index >= 15 is 0 Å². The third kappa shape index (κ3) is 8.40. The highest BCUT2D eigenvalue weighted by molar-refractivity contribution is 6.33. The van der Waals surface area contributed by atoms with E-state index in [1.807, 2.05) is 121 Å². The van der Waals surface area contributed by atoms with Crippen LogP contribution in [-0.2, 0) is 50.1 Å². The molecule has 1 fully saturated rings. The number of nitrogens with zero attached hydrogens (tertiary/aromatic N) is 4. The van der Waals surface area contributed by atoms with Crippen molar-refractivity contribution in [2.24, 2.45) is 0 Å². The molecular weight excluding hydrogens is 680 g/mol. The minimum atomic E-state index is -1.75. The molecule has 1 aliphatic rings. The molecule has 0 unspecified atom stereocenters. The first-order valence-electron chi connectivity index (χ1n) is 17.3. The second-order valence-electron chi connectivity index (χ2n) is 13.0. The predicted molar refractivity (Wildman–Crippen MR) is 196 cm³/mol. The van der Waals surface area contributed by atoms with E-state index in [0.29, 0.717) is 17.8 Å². The predicted octanol–water partition coefficient (Wildman–Crippen LogP) is 7.10. The first kappa shape index (κ1) is 35.9. The van der Waals surface area contributed by atoms with Crippen LogP contribution in [0.25, 0.3) is 11.2 Å². The van der Waals surface area contributed by atoms with Gasteiger partial charge in [0, 0.05) is 0 Å². The zero-order valence-electron chi connectivity index (χ0n) is 28.8. The molecule has 1 N–H and O–H groups in total. The fourth-order valence-corrected chi connectivity index (χ4v) is 6.70. The molecule has 11 heteroatoms. The highest BCUT2D eigenvalue weighted by Crippen LogP contribution is 2.41. The molecule has 3 heterocycles. The van der Waals surface area contributed by atoms with Gasteiger partial charge in [0.05, 0.1) is 39.4 Å². The van der Waals surface area contributed by atoms with Crippen LogP contribution in [0.5, 0.6) is 0 Å². The molecule has 0 radical (unpaired) electrons. The lowest BCUT2D eigenvalue weighted by Crippen LogP contribution is -2.56. The van der Waals surface area contributed by atoms with Gasteiger partial charge in [0.2, 0.25) is 0 Å². The molecule has 6 aromatic rings. The Kier molecular flexibility index (Phi) is 11.6. The van der Waals surface area contributed by atoms with Gasteiger partial charge in [0.25, 0.3) is 0 Å². The Morgan fingerprint density at radius 3 is 1.73 bits per heavy atom. The van der Waals surface area contributed by atoms with E-state index in [2.05, 4.69) is 15.0 Å². The Morgan fingerprint density at radius 2 is 1.17 bits per heavy atom. The average Bonchev–Trinajstić information content (AvgIpc) is 3.58. The Hall–Kier alpha value is -4.52. The van der Waals surface area contributed by atoms with E-state index in [1.54, 1.807) is 17.8 Å². The zero-order chi connectivity index (χ0) is 35.8. The summed E-state index contributed by atoms with van der Waals surface area (Å²) in [6.45, 7) is 2.82. The molecule has 10 nitrogen and oxygen atoms in total. The lowest BCUT2D eigenvalue weighted by Gasteiger charge is -2.40. The summed E-state index contributed by atoms with van der Waals surface area (Å²) < 4.78 is 35.4. The number of hydrogen-bond donors (Lipinski definition) is 1. The summed E-state index contributed by atoms with van der Waals surface area (Å²) >= 11 is 6.44. The summed E-state index contributed by atoms with van der Waals surface area (Å²) in [5.41, 5.74) is 2.88. The number of benzene rings is 4. The first-order valence-corrected chi connectivity index (χ1v) is 17.6. The van der Waals surface area contributed by atoms with Crippen LogP contribution in [0.4, 0.5) is 0 Å². The highest BCUT2D eigenvalue weighted by atomic mass is 35.5. The summed E-state index contributed by atoms with van der Waals surface area (Å²) in [6.07, 6.45) is -1.55. The molecule has 1 saturated heterocycles. The Bertz CT molecular complexity index is 1980. The number of aliphatic hydroxyl groups is 1. The Balaban J connectivity index is 1.32. The largest absolute Gasteiger partial charge is 0.383 e. The van der Waals surface area contributed by atoms with Gasteiger partial charge in [-0.05, 0) is 29.2 Å². The van der Waals surface area contributed by atoms with Crippen molar-refractivity contribution in [2.45, 2.75) is 69.6 Å². The van der Waals surface area contributed by atoms with Crippen LogP contribution >= 0.6 is 11.6 Å². The van der Waals surface area contributed by atoms with E-state index in [0.717, 1.165) is 22.3 Å². The number of ether oxygens (including phenoxy) is 5. The van der Waals surface area contributed by atoms with E-state index in [-0.39, 0.29) is 31.6 Å². The molecule has 0 aliphatic carbocycles. The molecule has 2 aromatic heterocycles. The van der Waals surface area contributed by atoms with Crippen molar-refractivity contribution in [1.29, 1.82) is 0 Å². The number of halogens is 1. The molecule has 7 rings (SSSR count). The van der Waals surface area contributed by atoms with Gasteiger partial charge in [-0.25, -0.2) is 15.0 Å². The first-order chi connectivity index (χ1) is 25.5. The van der Waals surface area contributed by atoms with Gasteiger partial charge in [0.15, 0.2) is 17.0 Å². The second kappa shape index (κ2) is 16.9. The fraction of sp³-hybridized carbons (Fsp3) is 0.293. The van der Waals surface area contributed by atoms with Crippen LogP contribution in [0.15, 0.2) is 134 Å². The Labute approximate surface area is 307 Å². The number of fused-ring (bicyclic) bond motifs is 1. The Morgan fingerprint density at radius 1 is 0.673 bits per heavy atom. The van der Waals surface area contributed by atoms with Crippen molar-refractivity contribution < 1.29 is 28.8 Å². The quantitative estimate of drug-likeness (QED) is 0.118. The molecule has 0 amide bonds. The maximum absolute atomic E-state index is 12.9. The van der Waals surface area contributed by atoms with Crippen molar-refractivity contribution in [3.8, 4) is 0 Å².